The summed E-state index contributed by atoms with van der Waals surface area (Å²) in [5.74, 6) is 0.716. The van der Waals surface area contributed by atoms with Crippen molar-refractivity contribution in [3.8, 4) is 61.8 Å². The van der Waals surface area contributed by atoms with E-state index in [2.05, 4.69) is 200 Å². The number of nitrogens with zero attached hydrogens (tertiary/aromatic N) is 3. The van der Waals surface area contributed by atoms with Crippen LogP contribution in [0.2, 0.25) is 0 Å². The van der Waals surface area contributed by atoms with Gasteiger partial charge in [0.05, 0.1) is 22.4 Å². The normalized spacial score (nSPS) is 13.0. The van der Waals surface area contributed by atoms with E-state index in [9.17, 15) is 0 Å². The van der Waals surface area contributed by atoms with Crippen molar-refractivity contribution in [2.45, 2.75) is 19.3 Å². The fraction of sp³-hybridized carbons (Fsp3) is 0.0566. The molecule has 0 aliphatic heterocycles. The summed E-state index contributed by atoms with van der Waals surface area (Å²) >= 11 is 0. The van der Waals surface area contributed by atoms with Gasteiger partial charge in [-0.15, -0.1) is 0 Å². The summed E-state index contributed by atoms with van der Waals surface area (Å²) in [5, 5.41) is 4.88. The second-order valence-corrected chi connectivity index (χ2v) is 15.4. The highest BCUT2D eigenvalue weighted by Crippen LogP contribution is 2.49. The minimum Gasteiger partial charge on any atom is -0.309 e. The smallest absolute Gasteiger partial charge is 0.160 e. The molecular formula is C53H37N3. The molecular weight excluding hydrogens is 679 g/mol. The molecule has 10 aromatic rings. The fourth-order valence-corrected chi connectivity index (χ4v) is 9.09. The standard InChI is InChI=1S/C53H37N3/c1-53(2)46-21-11-8-18-41(46)45-32-36(26-31-47(45)53)48-33-49(55-52(54-48)35-14-4-3-5-15-35)42-30-29-38(39-16-6-7-17-40(39)42)34-24-27-37(28-25-34)56-50-22-12-9-19-43(50)44-20-10-13-23-51(44)56/h3-33H,1-2H3. The molecule has 0 saturated carbocycles. The van der Waals surface area contributed by atoms with Crippen LogP contribution in [0.15, 0.2) is 188 Å². The Hall–Kier alpha value is -7.10. The molecule has 3 nitrogen and oxygen atoms in total. The molecule has 2 heterocycles. The predicted molar refractivity (Wildman–Crippen MR) is 233 cm³/mol. The molecule has 8 aromatic carbocycles. The Morgan fingerprint density at radius 1 is 0.375 bits per heavy atom. The van der Waals surface area contributed by atoms with Gasteiger partial charge in [-0.2, -0.15) is 0 Å². The van der Waals surface area contributed by atoms with E-state index >= 15 is 0 Å². The van der Waals surface area contributed by atoms with E-state index in [1.165, 1.54) is 60.6 Å². The lowest BCUT2D eigenvalue weighted by atomic mass is 9.82. The predicted octanol–water partition coefficient (Wildman–Crippen LogP) is 13.7. The lowest BCUT2D eigenvalue weighted by molar-refractivity contribution is 0.660. The van der Waals surface area contributed by atoms with Crippen molar-refractivity contribution in [3.63, 3.8) is 0 Å². The number of para-hydroxylation sites is 2. The van der Waals surface area contributed by atoms with Crippen LogP contribution in [0.1, 0.15) is 25.0 Å². The van der Waals surface area contributed by atoms with Gasteiger partial charge >= 0.3 is 0 Å². The van der Waals surface area contributed by atoms with E-state index in [1.807, 2.05) is 6.07 Å². The van der Waals surface area contributed by atoms with Gasteiger partial charge in [0.1, 0.15) is 0 Å². The van der Waals surface area contributed by atoms with E-state index in [4.69, 9.17) is 9.97 Å². The number of rotatable bonds is 5. The first kappa shape index (κ1) is 32.3. The van der Waals surface area contributed by atoms with Gasteiger partial charge in [0, 0.05) is 38.6 Å². The van der Waals surface area contributed by atoms with Gasteiger partial charge in [-0.05, 0) is 80.6 Å². The van der Waals surface area contributed by atoms with E-state index in [0.717, 1.165) is 39.2 Å². The van der Waals surface area contributed by atoms with Crippen LogP contribution in [0.4, 0.5) is 0 Å². The first-order valence-corrected chi connectivity index (χ1v) is 19.3. The molecule has 0 spiro atoms. The van der Waals surface area contributed by atoms with Crippen molar-refractivity contribution < 1.29 is 0 Å². The van der Waals surface area contributed by atoms with Crippen LogP contribution >= 0.6 is 0 Å². The van der Waals surface area contributed by atoms with E-state index in [0.29, 0.717) is 5.82 Å². The SMILES string of the molecule is CC1(C)c2ccccc2-c2cc(-c3cc(-c4ccc(-c5ccc(-n6c7ccccc7c7ccccc76)cc5)c5ccccc45)nc(-c4ccccc4)n3)ccc21. The Kier molecular flexibility index (Phi) is 7.20. The minimum atomic E-state index is -0.0531. The zero-order valence-corrected chi connectivity index (χ0v) is 31.2. The van der Waals surface area contributed by atoms with Gasteiger partial charge in [0.2, 0.25) is 0 Å². The maximum Gasteiger partial charge on any atom is 0.160 e. The molecule has 2 aromatic heterocycles. The third kappa shape index (κ3) is 4.98. The molecule has 56 heavy (non-hydrogen) atoms. The van der Waals surface area contributed by atoms with Crippen LogP contribution in [0.3, 0.4) is 0 Å². The van der Waals surface area contributed by atoms with Crippen LogP contribution in [-0.2, 0) is 5.41 Å². The number of benzene rings is 8. The van der Waals surface area contributed by atoms with Crippen LogP contribution < -0.4 is 0 Å². The largest absolute Gasteiger partial charge is 0.309 e. The summed E-state index contributed by atoms with van der Waals surface area (Å²) in [6.45, 7) is 4.64. The highest BCUT2D eigenvalue weighted by Gasteiger charge is 2.35. The Morgan fingerprint density at radius 2 is 0.929 bits per heavy atom. The van der Waals surface area contributed by atoms with Gasteiger partial charge in [-0.1, -0.05) is 166 Å². The summed E-state index contributed by atoms with van der Waals surface area (Å²) < 4.78 is 2.37. The number of aromatic nitrogens is 3. The summed E-state index contributed by atoms with van der Waals surface area (Å²) in [7, 11) is 0. The highest BCUT2D eigenvalue weighted by molar-refractivity contribution is 6.09. The topological polar surface area (TPSA) is 30.7 Å². The Balaban J connectivity index is 1.04. The Bertz CT molecular complexity index is 3100. The summed E-state index contributed by atoms with van der Waals surface area (Å²) in [6.07, 6.45) is 0. The van der Waals surface area contributed by atoms with Crippen molar-refractivity contribution in [3.05, 3.63) is 199 Å². The Morgan fingerprint density at radius 3 is 1.66 bits per heavy atom. The third-order valence-corrected chi connectivity index (χ3v) is 11.9. The lowest BCUT2D eigenvalue weighted by Crippen LogP contribution is -2.14. The van der Waals surface area contributed by atoms with Crippen molar-refractivity contribution in [2.24, 2.45) is 0 Å². The van der Waals surface area contributed by atoms with E-state index in [1.54, 1.807) is 0 Å². The van der Waals surface area contributed by atoms with Crippen molar-refractivity contribution in [1.29, 1.82) is 0 Å². The number of hydrogen-bond donors (Lipinski definition) is 0. The molecule has 1 aliphatic carbocycles. The molecule has 0 amide bonds. The van der Waals surface area contributed by atoms with E-state index < -0.39 is 0 Å². The average molecular weight is 716 g/mol. The van der Waals surface area contributed by atoms with Gasteiger partial charge in [-0.3, -0.25) is 0 Å². The monoisotopic (exact) mass is 715 g/mol. The second-order valence-electron chi connectivity index (χ2n) is 15.4. The highest BCUT2D eigenvalue weighted by atomic mass is 15.0. The molecule has 1 aliphatic rings. The zero-order valence-electron chi connectivity index (χ0n) is 31.2. The Labute approximate surface area is 326 Å². The minimum absolute atomic E-state index is 0.0531. The van der Waals surface area contributed by atoms with Crippen LogP contribution in [0.25, 0.3) is 94.4 Å². The van der Waals surface area contributed by atoms with Crippen LogP contribution in [0, 0.1) is 0 Å². The van der Waals surface area contributed by atoms with Crippen molar-refractivity contribution in [2.75, 3.05) is 0 Å². The molecule has 0 unspecified atom stereocenters. The molecule has 0 saturated heterocycles. The second kappa shape index (κ2) is 12.5. The van der Waals surface area contributed by atoms with Gasteiger partial charge < -0.3 is 4.57 Å². The molecule has 11 rings (SSSR count). The van der Waals surface area contributed by atoms with Crippen molar-refractivity contribution >= 4 is 32.6 Å². The maximum atomic E-state index is 5.26. The lowest BCUT2D eigenvalue weighted by Gasteiger charge is -2.21. The van der Waals surface area contributed by atoms with Gasteiger partial charge in [-0.25, -0.2) is 9.97 Å². The maximum absolute atomic E-state index is 5.26. The molecule has 0 fully saturated rings. The van der Waals surface area contributed by atoms with Gasteiger partial charge in [0.25, 0.3) is 0 Å². The first-order valence-electron chi connectivity index (χ1n) is 19.3. The summed E-state index contributed by atoms with van der Waals surface area (Å²) in [5.41, 5.74) is 16.2. The molecule has 0 radical (unpaired) electrons. The first-order chi connectivity index (χ1) is 27.5. The average Bonchev–Trinajstić information content (AvgIpc) is 3.71. The zero-order chi connectivity index (χ0) is 37.4. The molecule has 0 atom stereocenters. The van der Waals surface area contributed by atoms with Gasteiger partial charge in [0.15, 0.2) is 5.82 Å². The molecule has 264 valence electrons. The van der Waals surface area contributed by atoms with E-state index in [-0.39, 0.29) is 5.41 Å². The summed E-state index contributed by atoms with van der Waals surface area (Å²) in [4.78, 5) is 10.5. The third-order valence-electron chi connectivity index (χ3n) is 11.9. The fourth-order valence-electron chi connectivity index (χ4n) is 9.09. The summed E-state index contributed by atoms with van der Waals surface area (Å²) in [6, 6.07) is 67.7. The molecule has 3 heteroatoms. The van der Waals surface area contributed by atoms with Crippen LogP contribution in [0.5, 0.6) is 0 Å². The number of hydrogen-bond acceptors (Lipinski definition) is 2. The van der Waals surface area contributed by atoms with Crippen LogP contribution in [-0.4, -0.2) is 14.5 Å². The number of fused-ring (bicyclic) bond motifs is 7. The quantitative estimate of drug-likeness (QED) is 0.178. The molecule has 0 bridgehead atoms. The molecule has 0 N–H and O–H groups in total. The van der Waals surface area contributed by atoms with Crippen molar-refractivity contribution in [1.82, 2.24) is 14.5 Å².